The van der Waals surface area contributed by atoms with Gasteiger partial charge in [0.2, 0.25) is 0 Å². The first-order valence-corrected chi connectivity index (χ1v) is 15.5. The molecular formula is C28H22N4Na4O12S2. The number of phenols is 2. The maximum absolute atomic E-state index is 12.4. The van der Waals surface area contributed by atoms with Crippen LogP contribution < -0.4 is 0 Å². The molecular weight excluding hydrogens is 740 g/mol. The number of hydrogen-bond acceptors (Lipinski definition) is 12. The zero-order valence-corrected chi connectivity index (χ0v) is 37.1. The van der Waals surface area contributed by atoms with Gasteiger partial charge in [-0.1, -0.05) is 12.1 Å². The maximum Gasteiger partial charge on any atom is 0.339 e. The largest absolute Gasteiger partial charge is 0.507 e. The first-order chi connectivity index (χ1) is 21.4. The van der Waals surface area contributed by atoms with E-state index in [2.05, 4.69) is 20.5 Å². The molecule has 22 heteroatoms. The van der Waals surface area contributed by atoms with Crippen molar-refractivity contribution in [1.29, 1.82) is 0 Å². The van der Waals surface area contributed by atoms with E-state index in [1.807, 2.05) is 0 Å². The Bertz CT molecular complexity index is 2080. The van der Waals surface area contributed by atoms with E-state index < -0.39 is 64.6 Å². The summed E-state index contributed by atoms with van der Waals surface area (Å²) in [6.45, 7) is 3.01. The van der Waals surface area contributed by atoms with Crippen LogP contribution in [0.2, 0.25) is 0 Å². The van der Waals surface area contributed by atoms with E-state index in [1.165, 1.54) is 26.0 Å². The summed E-state index contributed by atoms with van der Waals surface area (Å²) in [5.41, 5.74) is -1.28. The summed E-state index contributed by atoms with van der Waals surface area (Å²) >= 11 is 0. The number of carbonyl (C=O) groups is 2. The van der Waals surface area contributed by atoms with Crippen LogP contribution in [0.5, 0.6) is 11.5 Å². The monoisotopic (exact) mass is 762 g/mol. The molecule has 50 heavy (non-hydrogen) atoms. The van der Waals surface area contributed by atoms with Crippen molar-refractivity contribution in [3.63, 3.8) is 0 Å². The molecule has 4 radical (unpaired) electrons. The van der Waals surface area contributed by atoms with Gasteiger partial charge in [0.25, 0.3) is 20.2 Å². The molecule has 0 bridgehead atoms. The number of benzene rings is 4. The molecule has 4 rings (SSSR count). The van der Waals surface area contributed by atoms with Crippen molar-refractivity contribution in [3.8, 4) is 22.6 Å². The molecule has 0 aliphatic rings. The number of aryl methyl sites for hydroxylation is 2. The third-order valence-corrected chi connectivity index (χ3v) is 8.20. The molecule has 0 heterocycles. The second-order valence-corrected chi connectivity index (χ2v) is 12.4. The molecule has 16 nitrogen and oxygen atoms in total. The zero-order chi connectivity index (χ0) is 34.1. The number of nitrogens with zero attached hydrogens (tertiary/aromatic N) is 4. The van der Waals surface area contributed by atoms with E-state index in [9.17, 15) is 56.0 Å². The van der Waals surface area contributed by atoms with E-state index in [-0.39, 0.29) is 152 Å². The van der Waals surface area contributed by atoms with Crippen LogP contribution in [0.4, 0.5) is 22.7 Å². The summed E-state index contributed by atoms with van der Waals surface area (Å²) in [7, 11) is -10.1. The summed E-state index contributed by atoms with van der Waals surface area (Å²) in [4.78, 5) is 21.0. The number of carboxylic acids is 2. The van der Waals surface area contributed by atoms with Crippen molar-refractivity contribution in [2.24, 2.45) is 20.5 Å². The minimum atomic E-state index is -5.06. The number of aromatic hydroxyl groups is 2. The van der Waals surface area contributed by atoms with Crippen molar-refractivity contribution < 1.29 is 56.0 Å². The first kappa shape index (κ1) is 48.4. The quantitative estimate of drug-likeness (QED) is 0.0777. The van der Waals surface area contributed by atoms with Crippen molar-refractivity contribution in [1.82, 2.24) is 0 Å². The molecule has 4 aromatic rings. The maximum atomic E-state index is 12.4. The average molecular weight is 763 g/mol. The Morgan fingerprint density at radius 2 is 0.860 bits per heavy atom. The molecule has 0 aromatic heterocycles. The summed E-state index contributed by atoms with van der Waals surface area (Å²) in [5.74, 6) is -3.88. The molecule has 0 fully saturated rings. The Balaban J connectivity index is 0.00000600. The van der Waals surface area contributed by atoms with Crippen molar-refractivity contribution >= 4 is 173 Å². The number of rotatable bonds is 9. The van der Waals surface area contributed by atoms with Gasteiger partial charge in [0.15, 0.2) is 0 Å². The molecule has 0 amide bonds. The molecule has 0 saturated heterocycles. The minimum absolute atomic E-state index is 0. The predicted octanol–water partition coefficient (Wildman–Crippen LogP) is 4.58. The Morgan fingerprint density at radius 1 is 0.540 bits per heavy atom. The molecule has 0 atom stereocenters. The minimum Gasteiger partial charge on any atom is -0.507 e. The van der Waals surface area contributed by atoms with E-state index in [1.54, 1.807) is 0 Å². The Labute approximate surface area is 373 Å². The fourth-order valence-electron chi connectivity index (χ4n) is 4.16. The van der Waals surface area contributed by atoms with Gasteiger partial charge in [0.05, 0.1) is 22.7 Å². The van der Waals surface area contributed by atoms with Gasteiger partial charge >= 0.3 is 11.9 Å². The normalized spacial score (nSPS) is 11.2. The van der Waals surface area contributed by atoms with Gasteiger partial charge in [-0.05, 0) is 73.5 Å². The van der Waals surface area contributed by atoms with Crippen LogP contribution in [-0.4, -0.2) is 177 Å². The Morgan fingerprint density at radius 3 is 1.14 bits per heavy atom. The fraction of sp³-hybridized carbons (Fsp3) is 0.0714. The molecule has 0 saturated carbocycles. The van der Waals surface area contributed by atoms with Gasteiger partial charge in [-0.2, -0.15) is 37.3 Å². The van der Waals surface area contributed by atoms with Crippen molar-refractivity contribution in [2.45, 2.75) is 23.6 Å². The van der Waals surface area contributed by atoms with Gasteiger partial charge < -0.3 is 20.4 Å². The van der Waals surface area contributed by atoms with E-state index >= 15 is 0 Å². The predicted molar refractivity (Wildman–Crippen MR) is 182 cm³/mol. The standard InChI is InChI=1S/C28H22N4O12S2.4Na/c1-13-7-23(33)19(27(35)36)11-21(13)31-29-15-3-5-17(25(9-15)45(39,40)41)18-6-4-16(10-26(18)46(42,43)44)30-32-22-12-20(28(37)38)24(34)8-14(22)2;;;;/h3-12,33-34H,1-2H3,(H,35,36)(H,37,38)(H,39,40,41)(H,42,43,44);;;;. The van der Waals surface area contributed by atoms with E-state index in [0.29, 0.717) is 11.1 Å². The van der Waals surface area contributed by atoms with Crippen LogP contribution >= 0.6 is 0 Å². The van der Waals surface area contributed by atoms with Crippen LogP contribution in [0.25, 0.3) is 11.1 Å². The van der Waals surface area contributed by atoms with Crippen molar-refractivity contribution in [2.75, 3.05) is 0 Å². The van der Waals surface area contributed by atoms with Crippen LogP contribution in [-0.2, 0) is 20.2 Å². The van der Waals surface area contributed by atoms with E-state index in [0.717, 1.165) is 48.5 Å². The summed E-state index contributed by atoms with van der Waals surface area (Å²) in [6.07, 6.45) is 0. The first-order valence-electron chi connectivity index (χ1n) is 12.6. The third-order valence-electron chi connectivity index (χ3n) is 6.41. The van der Waals surface area contributed by atoms with Gasteiger partial charge in [-0.3, -0.25) is 9.11 Å². The van der Waals surface area contributed by atoms with Crippen LogP contribution in [0.15, 0.2) is 90.9 Å². The molecule has 0 spiro atoms. The topological polar surface area (TPSA) is 273 Å². The molecule has 0 unspecified atom stereocenters. The summed E-state index contributed by atoms with van der Waals surface area (Å²) in [6, 6.07) is 10.7. The number of hydrogen-bond donors (Lipinski definition) is 6. The van der Waals surface area contributed by atoms with Gasteiger partial charge in [0, 0.05) is 129 Å². The SMILES string of the molecule is Cc1cc(O)c(C(=O)O)cc1N=Nc1ccc(-c2ccc(N=Nc3cc(C(=O)O)c(O)cc3C)cc2S(=O)(=O)O)c(S(=O)(=O)O)c1.[Na].[Na].[Na].[Na]. The molecule has 0 aliphatic heterocycles. The number of carboxylic acid groups (broad SMARTS) is 2. The van der Waals surface area contributed by atoms with E-state index in [4.69, 9.17) is 0 Å². The molecule has 6 N–H and O–H groups in total. The molecule has 242 valence electrons. The fourth-order valence-corrected chi connectivity index (χ4v) is 5.61. The molecule has 0 aliphatic carbocycles. The number of azo groups is 2. The summed E-state index contributed by atoms with van der Waals surface area (Å²) in [5, 5.41) is 53.6. The van der Waals surface area contributed by atoms with Gasteiger partial charge in [-0.25, -0.2) is 9.59 Å². The average Bonchev–Trinajstić information content (AvgIpc) is 2.94. The second kappa shape index (κ2) is 19.5. The Hall–Kier alpha value is -1.56. The van der Waals surface area contributed by atoms with Crippen molar-refractivity contribution in [3.05, 3.63) is 82.9 Å². The zero-order valence-electron chi connectivity index (χ0n) is 27.5. The Kier molecular flexibility index (Phi) is 18.9. The number of aromatic carboxylic acids is 2. The third kappa shape index (κ3) is 11.7. The van der Waals surface area contributed by atoms with Gasteiger partial charge in [0.1, 0.15) is 32.4 Å². The van der Waals surface area contributed by atoms with Crippen LogP contribution in [0.3, 0.4) is 0 Å². The second-order valence-electron chi connectivity index (χ2n) is 9.63. The smallest absolute Gasteiger partial charge is 0.339 e. The van der Waals surface area contributed by atoms with Gasteiger partial charge in [-0.15, -0.1) is 0 Å². The van der Waals surface area contributed by atoms with Crippen LogP contribution in [0, 0.1) is 13.8 Å². The van der Waals surface area contributed by atoms with Crippen LogP contribution in [0.1, 0.15) is 31.8 Å². The molecule has 4 aromatic carbocycles. The summed E-state index contributed by atoms with van der Waals surface area (Å²) < 4.78 is 69.4.